The first-order valence-corrected chi connectivity index (χ1v) is 10.8. The van der Waals surface area contributed by atoms with Crippen LogP contribution in [-0.4, -0.2) is 15.5 Å². The van der Waals surface area contributed by atoms with Crippen LogP contribution >= 0.6 is 11.6 Å². The molecule has 0 spiro atoms. The van der Waals surface area contributed by atoms with Gasteiger partial charge in [0, 0.05) is 6.04 Å². The molecule has 1 atom stereocenters. The van der Waals surface area contributed by atoms with Crippen molar-refractivity contribution >= 4 is 21.6 Å². The van der Waals surface area contributed by atoms with Gasteiger partial charge in [0.2, 0.25) is 10.0 Å². The summed E-state index contributed by atoms with van der Waals surface area (Å²) in [6, 6.07) is 19.5. The number of sulfonamides is 1. The van der Waals surface area contributed by atoms with Gasteiger partial charge in [-0.3, -0.25) is 0 Å². The summed E-state index contributed by atoms with van der Waals surface area (Å²) in [6.45, 7) is 1.76. The molecule has 0 amide bonds. The zero-order chi connectivity index (χ0) is 21.7. The standard InChI is InChI=1S/C22H19ClN2O4S/c1-15(16-5-3-6-18(13-16)28-2)25-30(26,27)19-11-9-17(10-12-19)29-22-8-4-7-21(23)20(22)14-24/h3-13,15,25H,1-2H3/t15-/m1/s1. The molecule has 8 heteroatoms. The fourth-order valence-electron chi connectivity index (χ4n) is 2.79. The average molecular weight is 443 g/mol. The molecule has 0 heterocycles. The Morgan fingerprint density at radius 1 is 1.03 bits per heavy atom. The Balaban J connectivity index is 1.76. The monoisotopic (exact) mass is 442 g/mol. The lowest BCUT2D eigenvalue weighted by Crippen LogP contribution is -2.26. The number of ether oxygens (including phenoxy) is 2. The smallest absolute Gasteiger partial charge is 0.241 e. The molecule has 6 nitrogen and oxygen atoms in total. The van der Waals surface area contributed by atoms with Crippen LogP contribution in [0.3, 0.4) is 0 Å². The predicted molar refractivity (Wildman–Crippen MR) is 114 cm³/mol. The van der Waals surface area contributed by atoms with Crippen LogP contribution in [0.1, 0.15) is 24.1 Å². The summed E-state index contributed by atoms with van der Waals surface area (Å²) in [5.74, 6) is 1.33. The van der Waals surface area contributed by atoms with Gasteiger partial charge in [0.25, 0.3) is 0 Å². The fraction of sp³-hybridized carbons (Fsp3) is 0.136. The molecule has 0 aromatic heterocycles. The number of nitriles is 1. The lowest BCUT2D eigenvalue weighted by Gasteiger charge is -2.16. The van der Waals surface area contributed by atoms with Gasteiger partial charge in [-0.15, -0.1) is 0 Å². The molecule has 3 aromatic rings. The van der Waals surface area contributed by atoms with E-state index in [4.69, 9.17) is 21.1 Å². The van der Waals surface area contributed by atoms with Crippen molar-refractivity contribution in [2.45, 2.75) is 17.9 Å². The molecule has 0 fully saturated rings. The molecular weight excluding hydrogens is 424 g/mol. The number of nitrogens with zero attached hydrogens (tertiary/aromatic N) is 1. The summed E-state index contributed by atoms with van der Waals surface area (Å²) in [5, 5.41) is 9.51. The number of nitrogens with one attached hydrogen (secondary N) is 1. The zero-order valence-electron chi connectivity index (χ0n) is 16.3. The molecule has 0 aliphatic rings. The maximum absolute atomic E-state index is 12.7. The van der Waals surface area contributed by atoms with Crippen molar-refractivity contribution in [3.05, 3.63) is 82.9 Å². The van der Waals surface area contributed by atoms with Crippen LogP contribution < -0.4 is 14.2 Å². The highest BCUT2D eigenvalue weighted by Gasteiger charge is 2.19. The molecular formula is C22H19ClN2O4S. The van der Waals surface area contributed by atoms with Gasteiger partial charge in [-0.05, 0) is 61.0 Å². The Morgan fingerprint density at radius 3 is 2.40 bits per heavy atom. The third-order valence-electron chi connectivity index (χ3n) is 4.37. The van der Waals surface area contributed by atoms with Gasteiger partial charge in [-0.25, -0.2) is 13.1 Å². The summed E-state index contributed by atoms with van der Waals surface area (Å²) >= 11 is 6.00. The van der Waals surface area contributed by atoms with E-state index in [0.29, 0.717) is 17.2 Å². The molecule has 3 aromatic carbocycles. The number of hydrogen-bond acceptors (Lipinski definition) is 5. The molecule has 0 radical (unpaired) electrons. The van der Waals surface area contributed by atoms with Crippen LogP contribution in [0.15, 0.2) is 71.6 Å². The first kappa shape index (κ1) is 21.7. The van der Waals surface area contributed by atoms with E-state index in [1.807, 2.05) is 12.1 Å². The Bertz CT molecular complexity index is 1190. The maximum Gasteiger partial charge on any atom is 0.241 e. The summed E-state index contributed by atoms with van der Waals surface area (Å²) in [5.41, 5.74) is 0.993. The predicted octanol–water partition coefficient (Wildman–Crippen LogP) is 5.05. The van der Waals surface area contributed by atoms with Gasteiger partial charge < -0.3 is 9.47 Å². The molecule has 1 N–H and O–H groups in total. The summed E-state index contributed by atoms with van der Waals surface area (Å²) in [6.07, 6.45) is 0. The molecule has 154 valence electrons. The Morgan fingerprint density at radius 2 is 1.73 bits per heavy atom. The second kappa shape index (κ2) is 9.18. The van der Waals surface area contributed by atoms with Crippen LogP contribution in [0.4, 0.5) is 0 Å². The second-order valence-electron chi connectivity index (χ2n) is 6.42. The van der Waals surface area contributed by atoms with Gasteiger partial charge in [0.1, 0.15) is 28.9 Å². The van der Waals surface area contributed by atoms with Crippen molar-refractivity contribution in [3.63, 3.8) is 0 Å². The summed E-state index contributed by atoms with van der Waals surface area (Å²) < 4.78 is 39.0. The van der Waals surface area contributed by atoms with E-state index in [-0.39, 0.29) is 15.5 Å². The zero-order valence-corrected chi connectivity index (χ0v) is 17.9. The number of methoxy groups -OCH3 is 1. The molecule has 30 heavy (non-hydrogen) atoms. The number of benzene rings is 3. The third-order valence-corrected chi connectivity index (χ3v) is 6.25. The van der Waals surface area contributed by atoms with Gasteiger partial charge in [0.15, 0.2) is 0 Å². The molecule has 0 aliphatic heterocycles. The minimum atomic E-state index is -3.76. The SMILES string of the molecule is COc1cccc([C@@H](C)NS(=O)(=O)c2ccc(Oc3cccc(Cl)c3C#N)cc2)c1. The quantitative estimate of drug-likeness (QED) is 0.553. The minimum Gasteiger partial charge on any atom is -0.497 e. The lowest BCUT2D eigenvalue weighted by molar-refractivity contribution is 0.413. The Kier molecular flexibility index (Phi) is 6.63. The summed E-state index contributed by atoms with van der Waals surface area (Å²) in [4.78, 5) is 0.0937. The van der Waals surface area contributed by atoms with Crippen LogP contribution in [0, 0.1) is 11.3 Å². The molecule has 3 rings (SSSR count). The Hall–Kier alpha value is -3.05. The second-order valence-corrected chi connectivity index (χ2v) is 8.54. The molecule has 0 saturated carbocycles. The topological polar surface area (TPSA) is 88.4 Å². The highest BCUT2D eigenvalue weighted by atomic mass is 35.5. The average Bonchev–Trinajstić information content (AvgIpc) is 2.74. The van der Waals surface area contributed by atoms with Crippen molar-refractivity contribution in [2.75, 3.05) is 7.11 Å². The number of rotatable bonds is 7. The number of halogens is 1. The van der Waals surface area contributed by atoms with E-state index < -0.39 is 16.1 Å². The fourth-order valence-corrected chi connectivity index (χ4v) is 4.23. The summed E-state index contributed by atoms with van der Waals surface area (Å²) in [7, 11) is -2.20. The van der Waals surface area contributed by atoms with Gasteiger partial charge in [-0.2, -0.15) is 5.26 Å². The highest BCUT2D eigenvalue weighted by molar-refractivity contribution is 7.89. The van der Waals surface area contributed by atoms with Crippen LogP contribution in [0.25, 0.3) is 0 Å². The van der Waals surface area contributed by atoms with Crippen molar-refractivity contribution < 1.29 is 17.9 Å². The van der Waals surface area contributed by atoms with E-state index in [0.717, 1.165) is 5.56 Å². The molecule has 0 bridgehead atoms. The van der Waals surface area contributed by atoms with Crippen LogP contribution in [0.5, 0.6) is 17.2 Å². The van der Waals surface area contributed by atoms with Crippen molar-refractivity contribution in [2.24, 2.45) is 0 Å². The van der Waals surface area contributed by atoms with E-state index in [9.17, 15) is 13.7 Å². The highest BCUT2D eigenvalue weighted by Crippen LogP contribution is 2.30. The molecule has 0 unspecified atom stereocenters. The first-order chi connectivity index (χ1) is 14.3. The Labute approximate surface area is 180 Å². The molecule has 0 saturated heterocycles. The van der Waals surface area contributed by atoms with Gasteiger partial charge in [0.05, 0.1) is 17.0 Å². The third kappa shape index (κ3) is 4.92. The normalized spacial score (nSPS) is 12.1. The van der Waals surface area contributed by atoms with Crippen LogP contribution in [0.2, 0.25) is 5.02 Å². The van der Waals surface area contributed by atoms with Crippen molar-refractivity contribution in [1.29, 1.82) is 5.26 Å². The van der Waals surface area contributed by atoms with E-state index >= 15 is 0 Å². The maximum atomic E-state index is 12.7. The lowest BCUT2D eigenvalue weighted by atomic mass is 10.1. The van der Waals surface area contributed by atoms with E-state index in [1.165, 1.54) is 24.3 Å². The van der Waals surface area contributed by atoms with Crippen LogP contribution in [-0.2, 0) is 10.0 Å². The minimum absolute atomic E-state index is 0.0937. The van der Waals surface area contributed by atoms with Gasteiger partial charge in [-0.1, -0.05) is 29.8 Å². The van der Waals surface area contributed by atoms with Gasteiger partial charge >= 0.3 is 0 Å². The van der Waals surface area contributed by atoms with Crippen molar-refractivity contribution in [3.8, 4) is 23.3 Å². The van der Waals surface area contributed by atoms with E-state index in [2.05, 4.69) is 4.72 Å². The number of hydrogen-bond donors (Lipinski definition) is 1. The first-order valence-electron chi connectivity index (χ1n) is 8.97. The largest absolute Gasteiger partial charge is 0.497 e. The van der Waals surface area contributed by atoms with E-state index in [1.54, 1.807) is 50.4 Å². The molecule has 0 aliphatic carbocycles. The van der Waals surface area contributed by atoms with Crippen molar-refractivity contribution in [1.82, 2.24) is 4.72 Å².